The van der Waals surface area contributed by atoms with Gasteiger partial charge in [0.1, 0.15) is 0 Å². The van der Waals surface area contributed by atoms with E-state index in [1.54, 1.807) is 0 Å². The highest BCUT2D eigenvalue weighted by Gasteiger charge is 2.46. The van der Waals surface area contributed by atoms with Crippen LogP contribution in [0.3, 0.4) is 0 Å². The lowest BCUT2D eigenvalue weighted by Gasteiger charge is -2.31. The Morgan fingerprint density at radius 1 is 1.27 bits per heavy atom. The molecule has 15 heavy (non-hydrogen) atoms. The van der Waals surface area contributed by atoms with Gasteiger partial charge < -0.3 is 4.74 Å². The van der Waals surface area contributed by atoms with E-state index < -0.39 is 5.79 Å². The van der Waals surface area contributed by atoms with Gasteiger partial charge in [0.15, 0.2) is 0 Å². The van der Waals surface area contributed by atoms with Crippen LogP contribution in [0.25, 0.3) is 0 Å². The number of hydrogen-bond acceptors (Lipinski definition) is 3. The van der Waals surface area contributed by atoms with Crippen molar-refractivity contribution in [2.24, 2.45) is 11.3 Å². The van der Waals surface area contributed by atoms with Gasteiger partial charge in [0.25, 0.3) is 0 Å². The summed E-state index contributed by atoms with van der Waals surface area (Å²) < 4.78 is 5.81. The highest BCUT2D eigenvalue weighted by atomic mass is 17.1. The molecule has 0 aromatic rings. The van der Waals surface area contributed by atoms with Crippen molar-refractivity contribution in [3.63, 3.8) is 0 Å². The van der Waals surface area contributed by atoms with Gasteiger partial charge in [-0.05, 0) is 30.6 Å². The maximum Gasteiger partial charge on any atom is 0.201 e. The fourth-order valence-electron chi connectivity index (χ4n) is 2.88. The lowest BCUT2D eigenvalue weighted by molar-refractivity contribution is -0.398. The molecule has 2 heterocycles. The molecule has 2 aliphatic rings. The first-order valence-electron chi connectivity index (χ1n) is 5.96. The molecule has 0 aromatic heterocycles. The molecule has 2 bridgehead atoms. The zero-order valence-electron chi connectivity index (χ0n) is 9.95. The van der Waals surface area contributed by atoms with Crippen LogP contribution in [0, 0.1) is 11.3 Å². The third-order valence-corrected chi connectivity index (χ3v) is 4.04. The van der Waals surface area contributed by atoms with Crippen molar-refractivity contribution in [3.8, 4) is 0 Å². The van der Waals surface area contributed by atoms with Crippen LogP contribution in [-0.4, -0.2) is 17.1 Å². The zero-order chi connectivity index (χ0) is 11.1. The Labute approximate surface area is 91.7 Å². The van der Waals surface area contributed by atoms with Gasteiger partial charge in [-0.3, -0.25) is 0 Å². The highest BCUT2D eigenvalue weighted by molar-refractivity contribution is 4.89. The van der Waals surface area contributed by atoms with Crippen LogP contribution in [0.2, 0.25) is 0 Å². The molecule has 0 unspecified atom stereocenters. The van der Waals surface area contributed by atoms with Crippen molar-refractivity contribution in [2.45, 2.75) is 64.8 Å². The molecule has 3 atom stereocenters. The summed E-state index contributed by atoms with van der Waals surface area (Å²) in [5.74, 6) is -0.00942. The average Bonchev–Trinajstić information content (AvgIpc) is 2.41. The standard InChI is InChI=1S/C12H22O3/c1-11(2,3)9-4-6-12(15-13)7-5-10(8-9)14-12/h9-10,13H,4-8H2,1-3H3/t9-,10-,12+/m1/s1. The number of hydrogen-bond donors (Lipinski definition) is 1. The van der Waals surface area contributed by atoms with E-state index in [9.17, 15) is 0 Å². The molecule has 0 amide bonds. The third-order valence-electron chi connectivity index (χ3n) is 4.04. The topological polar surface area (TPSA) is 38.7 Å². The maximum atomic E-state index is 8.96. The van der Waals surface area contributed by atoms with Crippen LogP contribution in [0.1, 0.15) is 52.9 Å². The predicted octanol–water partition coefficient (Wildman–Crippen LogP) is 3.20. The summed E-state index contributed by atoms with van der Waals surface area (Å²) in [5.41, 5.74) is 0.324. The second-order valence-corrected chi connectivity index (χ2v) is 6.12. The largest absolute Gasteiger partial charge is 0.344 e. The van der Waals surface area contributed by atoms with E-state index >= 15 is 0 Å². The minimum Gasteiger partial charge on any atom is -0.344 e. The zero-order valence-corrected chi connectivity index (χ0v) is 9.95. The normalized spacial score (nSPS) is 41.6. The summed E-state index contributed by atoms with van der Waals surface area (Å²) in [5, 5.41) is 8.96. The van der Waals surface area contributed by atoms with Crippen LogP contribution < -0.4 is 0 Å². The molecule has 0 saturated carbocycles. The van der Waals surface area contributed by atoms with Gasteiger partial charge >= 0.3 is 0 Å². The Kier molecular flexibility index (Phi) is 2.82. The molecule has 0 radical (unpaired) electrons. The van der Waals surface area contributed by atoms with E-state index in [-0.39, 0.29) is 6.10 Å². The van der Waals surface area contributed by atoms with Gasteiger partial charge in [-0.1, -0.05) is 20.8 Å². The summed E-state index contributed by atoms with van der Waals surface area (Å²) in [6, 6.07) is 0. The van der Waals surface area contributed by atoms with Gasteiger partial charge in [-0.2, -0.15) is 0 Å². The van der Waals surface area contributed by atoms with Crippen molar-refractivity contribution >= 4 is 0 Å². The number of ether oxygens (including phenoxy) is 1. The van der Waals surface area contributed by atoms with Crippen molar-refractivity contribution in [1.29, 1.82) is 0 Å². The maximum absolute atomic E-state index is 8.96. The summed E-state index contributed by atoms with van der Waals surface area (Å²) >= 11 is 0. The Bertz CT molecular complexity index is 234. The van der Waals surface area contributed by atoms with Gasteiger partial charge in [-0.15, -0.1) is 0 Å². The first-order valence-corrected chi connectivity index (χ1v) is 5.96. The van der Waals surface area contributed by atoms with Crippen LogP contribution in [0.5, 0.6) is 0 Å². The van der Waals surface area contributed by atoms with Gasteiger partial charge in [-0.25, -0.2) is 10.1 Å². The van der Waals surface area contributed by atoms with Crippen molar-refractivity contribution < 1.29 is 14.9 Å². The van der Waals surface area contributed by atoms with Crippen LogP contribution in [0.15, 0.2) is 0 Å². The van der Waals surface area contributed by atoms with Gasteiger partial charge in [0, 0.05) is 12.8 Å². The highest BCUT2D eigenvalue weighted by Crippen LogP contribution is 2.46. The summed E-state index contributed by atoms with van der Waals surface area (Å²) in [6.45, 7) is 6.84. The second kappa shape index (κ2) is 3.72. The first kappa shape index (κ1) is 11.4. The van der Waals surface area contributed by atoms with Gasteiger partial charge in [0.05, 0.1) is 6.10 Å². The van der Waals surface area contributed by atoms with Crippen molar-refractivity contribution in [3.05, 3.63) is 0 Å². The fourth-order valence-corrected chi connectivity index (χ4v) is 2.88. The van der Waals surface area contributed by atoms with Gasteiger partial charge in [0.2, 0.25) is 5.79 Å². The molecule has 1 N–H and O–H groups in total. The molecule has 0 aliphatic carbocycles. The lowest BCUT2D eigenvalue weighted by atomic mass is 9.73. The quantitative estimate of drug-likeness (QED) is 0.538. The molecular weight excluding hydrogens is 192 g/mol. The summed E-state index contributed by atoms with van der Waals surface area (Å²) in [4.78, 5) is 4.59. The predicted molar refractivity (Wildman–Crippen MR) is 57.3 cm³/mol. The van der Waals surface area contributed by atoms with Crippen molar-refractivity contribution in [1.82, 2.24) is 0 Å². The number of fused-ring (bicyclic) bond motifs is 2. The Morgan fingerprint density at radius 2 is 1.93 bits per heavy atom. The fraction of sp³-hybridized carbons (Fsp3) is 1.00. The van der Waals surface area contributed by atoms with Crippen LogP contribution in [-0.2, 0) is 9.62 Å². The molecule has 0 spiro atoms. The van der Waals surface area contributed by atoms with Crippen LogP contribution in [0.4, 0.5) is 0 Å². The summed E-state index contributed by atoms with van der Waals surface area (Å²) in [7, 11) is 0. The van der Waals surface area contributed by atoms with Crippen molar-refractivity contribution in [2.75, 3.05) is 0 Å². The second-order valence-electron chi connectivity index (χ2n) is 6.12. The molecule has 2 aliphatic heterocycles. The minimum atomic E-state index is -0.676. The van der Waals surface area contributed by atoms with E-state index in [4.69, 9.17) is 9.99 Å². The minimum absolute atomic E-state index is 0.281. The average molecular weight is 214 g/mol. The van der Waals surface area contributed by atoms with Crippen LogP contribution >= 0.6 is 0 Å². The smallest absolute Gasteiger partial charge is 0.201 e. The first-order chi connectivity index (χ1) is 6.95. The molecule has 3 heteroatoms. The SMILES string of the molecule is CC(C)(C)[C@@H]1CC[C@]2(OO)CC[C@H](C1)O2. The van der Waals surface area contributed by atoms with E-state index in [1.807, 2.05) is 0 Å². The Hall–Kier alpha value is -0.120. The molecule has 3 nitrogen and oxygen atoms in total. The molecule has 2 fully saturated rings. The molecule has 88 valence electrons. The van der Waals surface area contributed by atoms with E-state index in [0.29, 0.717) is 11.3 Å². The monoisotopic (exact) mass is 214 g/mol. The Balaban J connectivity index is 2.08. The van der Waals surface area contributed by atoms with E-state index in [0.717, 1.165) is 32.1 Å². The Morgan fingerprint density at radius 3 is 2.53 bits per heavy atom. The molecule has 0 aromatic carbocycles. The van der Waals surface area contributed by atoms with E-state index in [2.05, 4.69) is 25.7 Å². The number of rotatable bonds is 1. The summed E-state index contributed by atoms with van der Waals surface area (Å²) in [6.07, 6.45) is 5.15. The molecular formula is C12H22O3. The molecule has 2 rings (SSSR count). The third kappa shape index (κ3) is 2.19. The molecule has 2 saturated heterocycles. The lowest BCUT2D eigenvalue weighted by Crippen LogP contribution is -2.30. The van der Waals surface area contributed by atoms with E-state index in [1.165, 1.54) is 0 Å².